The van der Waals surface area contributed by atoms with Gasteiger partial charge in [-0.2, -0.15) is 0 Å². The molecule has 25 heavy (non-hydrogen) atoms. The van der Waals surface area contributed by atoms with Crippen LogP contribution >= 0.6 is 45.9 Å². The van der Waals surface area contributed by atoms with E-state index in [-0.39, 0.29) is 0 Å². The van der Waals surface area contributed by atoms with Gasteiger partial charge in [0.05, 0.1) is 6.61 Å². The molecule has 0 atom stereocenters. The third-order valence-electron chi connectivity index (χ3n) is 4.35. The quantitative estimate of drug-likeness (QED) is 0.0659. The molecule has 5 heteroatoms. The molecule has 0 aliphatic carbocycles. The molecule has 0 spiro atoms. The number of hydrogen-bond acceptors (Lipinski definition) is 1. The van der Waals surface area contributed by atoms with Crippen molar-refractivity contribution in [2.45, 2.75) is 103 Å². The Labute approximate surface area is 181 Å². The van der Waals surface area contributed by atoms with Gasteiger partial charge in [0.2, 0.25) is 0 Å². The van der Waals surface area contributed by atoms with E-state index in [1.165, 1.54) is 95.9 Å². The van der Waals surface area contributed by atoms with Crippen molar-refractivity contribution in [1.82, 2.24) is 0 Å². The Morgan fingerprint density at radius 2 is 1.04 bits per heavy atom. The van der Waals surface area contributed by atoms with Crippen LogP contribution in [0.1, 0.15) is 96.8 Å². The van der Waals surface area contributed by atoms with E-state index in [0.717, 1.165) is 18.8 Å². The molecule has 150 valence electrons. The highest BCUT2D eigenvalue weighted by molar-refractivity contribution is 9.72. The Morgan fingerprint density at radius 1 is 0.680 bits per heavy atom. The van der Waals surface area contributed by atoms with Crippen LogP contribution in [-0.2, 0) is 4.74 Å². The molecule has 0 aliphatic heterocycles. The zero-order valence-electron chi connectivity index (χ0n) is 16.3. The lowest BCUT2D eigenvalue weighted by Gasteiger charge is -2.08. The van der Waals surface area contributed by atoms with Gasteiger partial charge < -0.3 is 4.74 Å². The fraction of sp³-hybridized carbons (Fsp3) is 0.900. The first-order valence-corrected chi connectivity index (χ1v) is 19.2. The molecular weight excluding hydrogens is 524 g/mol. The average Bonchev–Trinajstić information content (AvgIpc) is 2.52. The van der Waals surface area contributed by atoms with Crippen LogP contribution in [0.2, 0.25) is 6.04 Å². The Balaban J connectivity index is 3.04. The fourth-order valence-electron chi connectivity index (χ4n) is 2.90. The van der Waals surface area contributed by atoms with Crippen LogP contribution in [-0.4, -0.2) is 17.1 Å². The first-order chi connectivity index (χ1) is 11.9. The zero-order chi connectivity index (χ0) is 18.8. The van der Waals surface area contributed by atoms with E-state index in [2.05, 4.69) is 52.5 Å². The number of ether oxygens (including phenoxy) is 1. The number of unbranched alkanes of at least 4 members (excludes halogenated alkanes) is 13. The van der Waals surface area contributed by atoms with Crippen molar-refractivity contribution >= 4 is 49.8 Å². The molecule has 0 aliphatic rings. The number of rotatable bonds is 19. The molecule has 0 saturated heterocycles. The molecular formula is C20H39Br3OSi. The summed E-state index contributed by atoms with van der Waals surface area (Å²) >= 11 is 11.1. The monoisotopic (exact) mass is 560 g/mol. The van der Waals surface area contributed by atoms with Crippen LogP contribution in [0.5, 0.6) is 0 Å². The van der Waals surface area contributed by atoms with Crippen LogP contribution in [0.25, 0.3) is 0 Å². The van der Waals surface area contributed by atoms with Crippen molar-refractivity contribution in [3.8, 4) is 0 Å². The van der Waals surface area contributed by atoms with E-state index in [4.69, 9.17) is 4.74 Å². The Bertz CT molecular complexity index is 306. The van der Waals surface area contributed by atoms with E-state index in [1.807, 2.05) is 6.92 Å². The second-order valence-electron chi connectivity index (χ2n) is 7.32. The van der Waals surface area contributed by atoms with Crippen LogP contribution in [0.15, 0.2) is 12.2 Å². The van der Waals surface area contributed by atoms with Gasteiger partial charge in [-0.1, -0.05) is 142 Å². The van der Waals surface area contributed by atoms with Crippen LogP contribution in [0, 0.1) is 0 Å². The lowest BCUT2D eigenvalue weighted by Crippen LogP contribution is -2.04. The van der Waals surface area contributed by atoms with Crippen molar-refractivity contribution in [1.29, 1.82) is 0 Å². The molecule has 0 fully saturated rings. The molecule has 0 rings (SSSR count). The Hall–Kier alpha value is 1.36. The van der Waals surface area contributed by atoms with Crippen molar-refractivity contribution in [2.24, 2.45) is 0 Å². The summed E-state index contributed by atoms with van der Waals surface area (Å²) in [4.78, 5) is 0. The van der Waals surface area contributed by atoms with Crippen molar-refractivity contribution in [3.63, 3.8) is 0 Å². The summed E-state index contributed by atoms with van der Waals surface area (Å²) in [6, 6.07) is 1.27. The molecule has 0 unspecified atom stereocenters. The van der Waals surface area contributed by atoms with Gasteiger partial charge in [0.25, 0.3) is 3.93 Å². The van der Waals surface area contributed by atoms with Gasteiger partial charge >= 0.3 is 0 Å². The van der Waals surface area contributed by atoms with Gasteiger partial charge in [0.1, 0.15) is 0 Å². The predicted octanol–water partition coefficient (Wildman–Crippen LogP) is 9.16. The normalized spacial score (nSPS) is 11.8. The average molecular weight is 563 g/mol. The van der Waals surface area contributed by atoms with Crippen molar-refractivity contribution in [2.75, 3.05) is 13.2 Å². The van der Waals surface area contributed by atoms with E-state index < -0.39 is 3.93 Å². The van der Waals surface area contributed by atoms with Crippen LogP contribution in [0.4, 0.5) is 0 Å². The first-order valence-electron chi connectivity index (χ1n) is 10.2. The van der Waals surface area contributed by atoms with Crippen molar-refractivity contribution < 1.29 is 4.74 Å². The molecule has 0 radical (unpaired) electrons. The molecule has 1 nitrogen and oxygen atoms in total. The largest absolute Gasteiger partial charge is 0.377 e. The van der Waals surface area contributed by atoms with Gasteiger partial charge in [0, 0.05) is 6.61 Å². The molecule has 0 heterocycles. The predicted molar refractivity (Wildman–Crippen MR) is 128 cm³/mol. The Kier molecular flexibility index (Phi) is 19.7. The van der Waals surface area contributed by atoms with Gasteiger partial charge in [0.15, 0.2) is 0 Å². The summed E-state index contributed by atoms with van der Waals surface area (Å²) in [5.41, 5.74) is 1.12. The highest BCUT2D eigenvalue weighted by Gasteiger charge is 2.20. The lowest BCUT2D eigenvalue weighted by atomic mass is 10.0. The standard InChI is InChI=1S/C20H39Br3OSi/c1-20(2)19-24-17-15-13-11-9-7-5-3-4-6-8-10-12-14-16-18-25(21,22)23/h1,3-19H2,2H3. The summed E-state index contributed by atoms with van der Waals surface area (Å²) < 4.78 is 4.18. The highest BCUT2D eigenvalue weighted by atomic mass is 80.0. The molecule has 0 aromatic heterocycles. The maximum absolute atomic E-state index is 5.52. The smallest absolute Gasteiger partial charge is 0.267 e. The van der Waals surface area contributed by atoms with Gasteiger partial charge in [-0.15, -0.1) is 0 Å². The SMILES string of the molecule is C=C(C)COCCCCCCCCCCCCCCCC[Si](Br)(Br)Br. The van der Waals surface area contributed by atoms with Gasteiger partial charge in [-0.25, -0.2) is 0 Å². The molecule has 0 aromatic rings. The first kappa shape index (κ1) is 26.4. The van der Waals surface area contributed by atoms with Gasteiger partial charge in [-0.05, 0) is 19.4 Å². The summed E-state index contributed by atoms with van der Waals surface area (Å²) in [6.07, 6.45) is 19.5. The van der Waals surface area contributed by atoms with E-state index in [0.29, 0.717) is 0 Å². The topological polar surface area (TPSA) is 9.23 Å². The van der Waals surface area contributed by atoms with Crippen LogP contribution in [0.3, 0.4) is 0 Å². The minimum absolute atomic E-state index is 0.729. The second kappa shape index (κ2) is 18.7. The third-order valence-corrected chi connectivity index (χ3v) is 8.84. The second-order valence-corrected chi connectivity index (χ2v) is 30.8. The zero-order valence-corrected chi connectivity index (χ0v) is 22.0. The molecule has 0 amide bonds. The van der Waals surface area contributed by atoms with Gasteiger partial charge in [-0.3, -0.25) is 0 Å². The summed E-state index contributed by atoms with van der Waals surface area (Å²) in [5.74, 6) is 0. The summed E-state index contributed by atoms with van der Waals surface area (Å²) in [5, 5.41) is 0. The third kappa shape index (κ3) is 25.4. The number of hydrogen-bond donors (Lipinski definition) is 0. The molecule has 0 saturated carbocycles. The molecule has 0 aromatic carbocycles. The maximum atomic E-state index is 5.52. The summed E-state index contributed by atoms with van der Waals surface area (Å²) in [6.45, 7) is 7.49. The van der Waals surface area contributed by atoms with E-state index in [9.17, 15) is 0 Å². The van der Waals surface area contributed by atoms with E-state index >= 15 is 0 Å². The maximum Gasteiger partial charge on any atom is 0.267 e. The highest BCUT2D eigenvalue weighted by Crippen LogP contribution is 2.33. The van der Waals surface area contributed by atoms with Crippen molar-refractivity contribution in [3.05, 3.63) is 12.2 Å². The molecule has 0 bridgehead atoms. The summed E-state index contributed by atoms with van der Waals surface area (Å²) in [7, 11) is 0. The number of halogens is 3. The minimum atomic E-state index is -1.34. The molecule has 0 N–H and O–H groups in total. The van der Waals surface area contributed by atoms with Crippen LogP contribution < -0.4 is 0 Å². The lowest BCUT2D eigenvalue weighted by molar-refractivity contribution is 0.151. The fourth-order valence-corrected chi connectivity index (χ4v) is 6.07. The van der Waals surface area contributed by atoms with E-state index in [1.54, 1.807) is 0 Å². The Morgan fingerprint density at radius 3 is 1.40 bits per heavy atom. The minimum Gasteiger partial charge on any atom is -0.377 e.